The van der Waals surface area contributed by atoms with Crippen molar-refractivity contribution in [2.75, 3.05) is 7.11 Å². The van der Waals surface area contributed by atoms with E-state index < -0.39 is 29.5 Å². The van der Waals surface area contributed by atoms with E-state index in [2.05, 4.69) is 15.6 Å². The van der Waals surface area contributed by atoms with Gasteiger partial charge in [-0.25, -0.2) is 0 Å². The van der Waals surface area contributed by atoms with Gasteiger partial charge < -0.3 is 15.0 Å². The number of carbonyl (C=O) groups excluding carboxylic acids is 4. The molecule has 2 aliphatic rings. The highest BCUT2D eigenvalue weighted by atomic mass is 19.3. The molecule has 4 amide bonds. The van der Waals surface area contributed by atoms with Crippen LogP contribution in [0.2, 0.25) is 0 Å². The predicted octanol–water partition coefficient (Wildman–Crippen LogP) is 1.26. The number of methoxy groups -OCH3 is 1. The van der Waals surface area contributed by atoms with Crippen LogP contribution >= 0.6 is 0 Å². The quantitative estimate of drug-likeness (QED) is 0.630. The molecule has 1 aromatic carbocycles. The summed E-state index contributed by atoms with van der Waals surface area (Å²) in [4.78, 5) is 53.3. The molecule has 2 aromatic rings. The van der Waals surface area contributed by atoms with Crippen molar-refractivity contribution in [2.45, 2.75) is 37.9 Å². The van der Waals surface area contributed by atoms with E-state index in [0.29, 0.717) is 16.7 Å². The van der Waals surface area contributed by atoms with Crippen molar-refractivity contribution in [1.82, 2.24) is 20.5 Å². The molecule has 1 aromatic heterocycles. The molecule has 1 atom stereocenters. The lowest BCUT2D eigenvalue weighted by Gasteiger charge is -2.29. The summed E-state index contributed by atoms with van der Waals surface area (Å²) in [6, 6.07) is 6.27. The molecule has 33 heavy (non-hydrogen) atoms. The summed E-state index contributed by atoms with van der Waals surface area (Å²) in [5, 5.41) is 4.42. The number of halogens is 2. The van der Waals surface area contributed by atoms with Crippen LogP contribution < -0.4 is 15.4 Å². The van der Waals surface area contributed by atoms with Gasteiger partial charge in [0.25, 0.3) is 11.8 Å². The number of fused-ring (bicyclic) bond motifs is 1. The van der Waals surface area contributed by atoms with Gasteiger partial charge in [0.15, 0.2) is 0 Å². The van der Waals surface area contributed by atoms with Crippen molar-refractivity contribution in [2.24, 2.45) is 0 Å². The molecule has 0 aliphatic carbocycles. The number of rotatable bonds is 6. The first-order valence-corrected chi connectivity index (χ1v) is 10.1. The Labute approximate surface area is 187 Å². The average molecular weight is 458 g/mol. The molecule has 0 unspecified atom stereocenters. The van der Waals surface area contributed by atoms with Gasteiger partial charge in [-0.1, -0.05) is 12.1 Å². The molecular weight excluding hydrogens is 438 g/mol. The third-order valence-corrected chi connectivity index (χ3v) is 5.62. The molecule has 4 rings (SSSR count). The third-order valence-electron chi connectivity index (χ3n) is 5.62. The fourth-order valence-corrected chi connectivity index (χ4v) is 3.83. The number of alkyl halides is 2. The Balaban J connectivity index is 1.42. The molecule has 9 nitrogen and oxygen atoms in total. The second kappa shape index (κ2) is 8.57. The monoisotopic (exact) mass is 458 g/mol. The van der Waals surface area contributed by atoms with Gasteiger partial charge in [-0.3, -0.25) is 29.5 Å². The smallest absolute Gasteiger partial charge is 0.366 e. The zero-order chi connectivity index (χ0) is 23.8. The second-order valence-corrected chi connectivity index (χ2v) is 7.73. The number of nitrogens with zero attached hydrogens (tertiary/aromatic N) is 2. The Bertz CT molecular complexity index is 1140. The number of imide groups is 1. The summed E-state index contributed by atoms with van der Waals surface area (Å²) in [6.45, 7) is -0.0430. The Morgan fingerprint density at radius 2 is 2.06 bits per heavy atom. The topological polar surface area (TPSA) is 118 Å². The number of hydrogen-bond donors (Lipinski definition) is 2. The van der Waals surface area contributed by atoms with Gasteiger partial charge >= 0.3 is 5.92 Å². The molecule has 2 aliphatic heterocycles. The van der Waals surface area contributed by atoms with Crippen molar-refractivity contribution in [3.63, 3.8) is 0 Å². The standard InChI is InChI=1S/C22H20F2N4O5/c1-33-14-3-6-17(25-10-14)22(23,24)21(32)26-9-12-2-4-15-13(8-12)11-28(20(15)31)16-5-7-18(29)27-19(16)30/h2-4,6,8,10,16H,5,7,9,11H2,1H3,(H,26,32)(H,27,29,30)/t16-/m1/s1. The van der Waals surface area contributed by atoms with Crippen LogP contribution in [0.1, 0.15) is 40.0 Å². The Kier molecular flexibility index (Phi) is 5.79. The van der Waals surface area contributed by atoms with Crippen LogP contribution in [-0.2, 0) is 33.4 Å². The van der Waals surface area contributed by atoms with E-state index in [0.717, 1.165) is 12.3 Å². The molecule has 0 bridgehead atoms. The summed E-state index contributed by atoms with van der Waals surface area (Å²) in [5.41, 5.74) is 0.807. The van der Waals surface area contributed by atoms with E-state index >= 15 is 0 Å². The zero-order valence-corrected chi connectivity index (χ0v) is 17.6. The van der Waals surface area contributed by atoms with Crippen LogP contribution in [0.4, 0.5) is 8.78 Å². The van der Waals surface area contributed by atoms with Gasteiger partial charge in [0.05, 0.1) is 13.3 Å². The van der Waals surface area contributed by atoms with Gasteiger partial charge in [-0.15, -0.1) is 0 Å². The second-order valence-electron chi connectivity index (χ2n) is 7.73. The molecule has 0 saturated carbocycles. The molecule has 0 radical (unpaired) electrons. The maximum absolute atomic E-state index is 14.5. The van der Waals surface area contributed by atoms with Crippen LogP contribution in [0, 0.1) is 0 Å². The van der Waals surface area contributed by atoms with E-state index in [1.807, 2.05) is 0 Å². The number of hydrogen-bond acceptors (Lipinski definition) is 6. The number of benzene rings is 1. The number of pyridine rings is 1. The average Bonchev–Trinajstić information content (AvgIpc) is 3.12. The van der Waals surface area contributed by atoms with E-state index in [9.17, 15) is 28.0 Å². The summed E-state index contributed by atoms with van der Waals surface area (Å²) in [5.74, 6) is -6.31. The first-order chi connectivity index (χ1) is 15.7. The van der Waals surface area contributed by atoms with E-state index in [4.69, 9.17) is 4.74 Å². The van der Waals surface area contributed by atoms with Crippen LogP contribution in [0.3, 0.4) is 0 Å². The highest BCUT2D eigenvalue weighted by Crippen LogP contribution is 2.29. The van der Waals surface area contributed by atoms with E-state index in [1.54, 1.807) is 12.1 Å². The van der Waals surface area contributed by atoms with Gasteiger partial charge in [-0.05, 0) is 35.7 Å². The highest BCUT2D eigenvalue weighted by molar-refractivity contribution is 6.05. The lowest BCUT2D eigenvalue weighted by Crippen LogP contribution is -2.52. The third kappa shape index (κ3) is 4.26. The minimum Gasteiger partial charge on any atom is -0.495 e. The molecule has 1 saturated heterocycles. The molecular formula is C22H20F2N4O5. The maximum Gasteiger partial charge on any atom is 0.366 e. The van der Waals surface area contributed by atoms with Crippen molar-refractivity contribution in [3.8, 4) is 5.75 Å². The molecule has 172 valence electrons. The normalized spacial score (nSPS) is 18.1. The van der Waals surface area contributed by atoms with Crippen LogP contribution in [-0.4, -0.2) is 46.7 Å². The molecule has 0 spiro atoms. The maximum atomic E-state index is 14.5. The number of amides is 4. The fourth-order valence-electron chi connectivity index (χ4n) is 3.83. The van der Waals surface area contributed by atoms with Gasteiger partial charge in [-0.2, -0.15) is 8.78 Å². The van der Waals surface area contributed by atoms with E-state index in [1.165, 1.54) is 24.1 Å². The Morgan fingerprint density at radius 1 is 1.27 bits per heavy atom. The van der Waals surface area contributed by atoms with Crippen LogP contribution in [0.5, 0.6) is 5.75 Å². The summed E-state index contributed by atoms with van der Waals surface area (Å²) in [7, 11) is 1.37. The van der Waals surface area contributed by atoms with Crippen molar-refractivity contribution in [3.05, 3.63) is 58.9 Å². The number of carbonyl (C=O) groups is 4. The molecule has 3 heterocycles. The minimum atomic E-state index is -3.85. The number of ether oxygens (including phenoxy) is 1. The van der Waals surface area contributed by atoms with Gasteiger partial charge in [0.2, 0.25) is 11.8 Å². The summed E-state index contributed by atoms with van der Waals surface area (Å²) < 4.78 is 33.8. The van der Waals surface area contributed by atoms with Crippen molar-refractivity contribution >= 4 is 23.6 Å². The van der Waals surface area contributed by atoms with Crippen molar-refractivity contribution in [1.29, 1.82) is 0 Å². The first kappa shape index (κ1) is 22.3. The van der Waals surface area contributed by atoms with Crippen LogP contribution in [0.25, 0.3) is 0 Å². The van der Waals surface area contributed by atoms with Gasteiger partial charge in [0, 0.05) is 25.1 Å². The Morgan fingerprint density at radius 3 is 2.73 bits per heavy atom. The molecule has 2 N–H and O–H groups in total. The highest BCUT2D eigenvalue weighted by Gasteiger charge is 2.42. The zero-order valence-electron chi connectivity index (χ0n) is 17.6. The predicted molar refractivity (Wildman–Crippen MR) is 109 cm³/mol. The van der Waals surface area contributed by atoms with Crippen molar-refractivity contribution < 1.29 is 32.7 Å². The SMILES string of the molecule is COc1ccc(C(F)(F)C(=O)NCc2ccc3c(c2)CN([C@@H]2CCC(=O)NC2=O)C3=O)nc1. The summed E-state index contributed by atoms with van der Waals surface area (Å²) in [6.07, 6.45) is 1.48. The fraction of sp³-hybridized carbons (Fsp3) is 0.318. The van der Waals surface area contributed by atoms with Crippen LogP contribution in [0.15, 0.2) is 36.5 Å². The lowest BCUT2D eigenvalue weighted by molar-refractivity contribution is -0.147. The Hall–Kier alpha value is -3.89. The molecule has 11 heteroatoms. The lowest BCUT2D eigenvalue weighted by atomic mass is 10.0. The van der Waals surface area contributed by atoms with E-state index in [-0.39, 0.29) is 43.5 Å². The number of aromatic nitrogens is 1. The number of piperidine rings is 1. The largest absolute Gasteiger partial charge is 0.495 e. The number of nitrogens with one attached hydrogen (secondary N) is 2. The van der Waals surface area contributed by atoms with Gasteiger partial charge in [0.1, 0.15) is 17.5 Å². The summed E-state index contributed by atoms with van der Waals surface area (Å²) >= 11 is 0. The first-order valence-electron chi connectivity index (χ1n) is 10.1. The minimum absolute atomic E-state index is 0.144. The molecule has 1 fully saturated rings.